The van der Waals surface area contributed by atoms with Crippen LogP contribution < -0.4 is 5.32 Å². The molecule has 0 saturated heterocycles. The standard InChI is InChI=1S/C28H41F6NO3/c1-4-5-6-7-8-9-10-11-12-13-14-15-18-38-26(37)24(20(2)3)35-25(36)22-19-21(27(29,30)31)16-17-23(22)28(32,33)34/h16-17,19-20,24H,4-15,18H2,1-3H3,(H,35,36). The molecular formula is C28H41F6NO3. The van der Waals surface area contributed by atoms with E-state index in [2.05, 4.69) is 12.2 Å². The summed E-state index contributed by atoms with van der Waals surface area (Å²) in [6.07, 6.45) is 3.55. The Morgan fingerprint density at radius 2 is 1.29 bits per heavy atom. The molecule has 1 unspecified atom stereocenters. The number of hydrogen-bond acceptors (Lipinski definition) is 3. The second-order valence-electron chi connectivity index (χ2n) is 10.0. The van der Waals surface area contributed by atoms with Crippen LogP contribution in [0.2, 0.25) is 0 Å². The molecule has 1 amide bonds. The van der Waals surface area contributed by atoms with Crippen LogP contribution in [0.4, 0.5) is 26.3 Å². The van der Waals surface area contributed by atoms with Crippen LogP contribution in [0.15, 0.2) is 18.2 Å². The maximum Gasteiger partial charge on any atom is 0.417 e. The van der Waals surface area contributed by atoms with Crippen LogP contribution in [0.25, 0.3) is 0 Å². The highest BCUT2D eigenvalue weighted by atomic mass is 19.4. The molecule has 1 rings (SSSR count). The Balaban J connectivity index is 2.55. The summed E-state index contributed by atoms with van der Waals surface area (Å²) in [5, 5.41) is 2.14. The number of unbranched alkanes of at least 4 members (excludes halogenated alkanes) is 11. The smallest absolute Gasteiger partial charge is 0.417 e. The summed E-state index contributed by atoms with van der Waals surface area (Å²) in [6.45, 7) is 5.38. The van der Waals surface area contributed by atoms with Gasteiger partial charge in [0.15, 0.2) is 0 Å². The molecule has 1 N–H and O–H groups in total. The molecule has 0 radical (unpaired) electrons. The molecule has 38 heavy (non-hydrogen) atoms. The Bertz CT molecular complexity index is 852. The van der Waals surface area contributed by atoms with E-state index in [9.17, 15) is 35.9 Å². The van der Waals surface area contributed by atoms with Crippen molar-refractivity contribution in [2.24, 2.45) is 5.92 Å². The molecule has 0 fully saturated rings. The number of carbonyl (C=O) groups excluding carboxylic acids is 2. The Labute approximate surface area is 221 Å². The number of ether oxygens (including phenoxy) is 1. The number of esters is 1. The lowest BCUT2D eigenvalue weighted by molar-refractivity contribution is -0.147. The minimum atomic E-state index is -5.06. The van der Waals surface area contributed by atoms with Crippen LogP contribution in [0.1, 0.15) is 119 Å². The third kappa shape index (κ3) is 12.5. The van der Waals surface area contributed by atoms with Crippen LogP contribution in [0, 0.1) is 5.92 Å². The lowest BCUT2D eigenvalue weighted by Crippen LogP contribution is -2.45. The SMILES string of the molecule is CCCCCCCCCCCCCCOC(=O)C(NC(=O)c1cc(C(F)(F)F)ccc1C(F)(F)F)C(C)C. The van der Waals surface area contributed by atoms with Crippen LogP contribution in [-0.2, 0) is 21.9 Å². The van der Waals surface area contributed by atoms with Crippen molar-refractivity contribution in [1.29, 1.82) is 0 Å². The minimum Gasteiger partial charge on any atom is -0.464 e. The highest BCUT2D eigenvalue weighted by Crippen LogP contribution is 2.36. The molecular weight excluding hydrogens is 512 g/mol. The predicted octanol–water partition coefficient (Wildman–Crippen LogP) is 8.72. The molecule has 0 bridgehead atoms. The van der Waals surface area contributed by atoms with Crippen LogP contribution in [0.5, 0.6) is 0 Å². The van der Waals surface area contributed by atoms with Gasteiger partial charge in [0.2, 0.25) is 0 Å². The number of amides is 1. The fourth-order valence-electron chi connectivity index (χ4n) is 4.08. The number of rotatable bonds is 17. The predicted molar refractivity (Wildman–Crippen MR) is 135 cm³/mol. The van der Waals surface area contributed by atoms with Crippen molar-refractivity contribution >= 4 is 11.9 Å². The topological polar surface area (TPSA) is 55.4 Å². The number of hydrogen-bond donors (Lipinski definition) is 1. The fourth-order valence-corrected chi connectivity index (χ4v) is 4.08. The number of alkyl halides is 6. The molecule has 0 spiro atoms. The normalized spacial score (nSPS) is 13.0. The molecule has 218 valence electrons. The second-order valence-corrected chi connectivity index (χ2v) is 10.0. The van der Waals surface area contributed by atoms with Gasteiger partial charge in [0, 0.05) is 0 Å². The number of carbonyl (C=O) groups is 2. The van der Waals surface area contributed by atoms with Crippen molar-refractivity contribution in [3.63, 3.8) is 0 Å². The Morgan fingerprint density at radius 3 is 1.74 bits per heavy atom. The molecule has 0 heterocycles. The molecule has 4 nitrogen and oxygen atoms in total. The Hall–Kier alpha value is -2.26. The first kappa shape index (κ1) is 33.8. The molecule has 0 saturated carbocycles. The summed E-state index contributed by atoms with van der Waals surface area (Å²) in [4.78, 5) is 25.1. The van der Waals surface area contributed by atoms with Gasteiger partial charge in [-0.25, -0.2) is 4.79 Å². The van der Waals surface area contributed by atoms with Crippen LogP contribution in [0.3, 0.4) is 0 Å². The van der Waals surface area contributed by atoms with Gasteiger partial charge in [-0.15, -0.1) is 0 Å². The fraction of sp³-hybridized carbons (Fsp3) is 0.714. The highest BCUT2D eigenvalue weighted by Gasteiger charge is 2.39. The number of nitrogens with one attached hydrogen (secondary N) is 1. The van der Waals surface area contributed by atoms with Gasteiger partial charge in [-0.1, -0.05) is 91.4 Å². The highest BCUT2D eigenvalue weighted by molar-refractivity contribution is 5.98. The van der Waals surface area contributed by atoms with Gasteiger partial charge in [-0.3, -0.25) is 4.79 Å². The van der Waals surface area contributed by atoms with Crippen molar-refractivity contribution in [2.45, 2.75) is 116 Å². The molecule has 10 heteroatoms. The zero-order chi connectivity index (χ0) is 28.8. The summed E-state index contributed by atoms with van der Waals surface area (Å²) in [7, 11) is 0. The molecule has 1 atom stereocenters. The summed E-state index contributed by atoms with van der Waals surface area (Å²) in [5.41, 5.74) is -4.12. The van der Waals surface area contributed by atoms with Gasteiger partial charge in [0.25, 0.3) is 5.91 Å². The maximum absolute atomic E-state index is 13.4. The van der Waals surface area contributed by atoms with Crippen molar-refractivity contribution in [2.75, 3.05) is 6.61 Å². The van der Waals surface area contributed by atoms with Gasteiger partial charge >= 0.3 is 18.3 Å². The number of halogens is 6. The Morgan fingerprint density at radius 1 is 0.789 bits per heavy atom. The largest absolute Gasteiger partial charge is 0.464 e. The van der Waals surface area contributed by atoms with Gasteiger partial charge in [0.1, 0.15) is 6.04 Å². The van der Waals surface area contributed by atoms with Gasteiger partial charge in [-0.05, 0) is 30.5 Å². The van der Waals surface area contributed by atoms with E-state index in [1.54, 1.807) is 13.8 Å². The lowest BCUT2D eigenvalue weighted by atomic mass is 10.00. The first-order chi connectivity index (χ1) is 17.8. The molecule has 1 aromatic rings. The molecule has 0 aliphatic heterocycles. The average Bonchev–Trinajstić information content (AvgIpc) is 2.83. The van der Waals surface area contributed by atoms with E-state index in [0.717, 1.165) is 25.7 Å². The monoisotopic (exact) mass is 553 g/mol. The van der Waals surface area contributed by atoms with Crippen molar-refractivity contribution in [3.8, 4) is 0 Å². The van der Waals surface area contributed by atoms with Gasteiger partial charge in [0.05, 0.1) is 23.3 Å². The van der Waals surface area contributed by atoms with E-state index in [1.807, 2.05) is 0 Å². The lowest BCUT2D eigenvalue weighted by Gasteiger charge is -2.22. The number of benzene rings is 1. The van der Waals surface area contributed by atoms with E-state index >= 15 is 0 Å². The third-order valence-electron chi connectivity index (χ3n) is 6.35. The summed E-state index contributed by atoms with van der Waals surface area (Å²) < 4.78 is 84.4. The van der Waals surface area contributed by atoms with E-state index in [-0.39, 0.29) is 24.8 Å². The van der Waals surface area contributed by atoms with Crippen LogP contribution >= 0.6 is 0 Å². The molecule has 1 aromatic carbocycles. The third-order valence-corrected chi connectivity index (χ3v) is 6.35. The zero-order valence-electron chi connectivity index (χ0n) is 22.6. The minimum absolute atomic E-state index is 0.0900. The molecule has 0 aliphatic carbocycles. The van der Waals surface area contributed by atoms with E-state index in [0.29, 0.717) is 6.42 Å². The maximum atomic E-state index is 13.4. The van der Waals surface area contributed by atoms with E-state index < -0.39 is 52.9 Å². The van der Waals surface area contributed by atoms with Crippen molar-refractivity contribution in [1.82, 2.24) is 5.32 Å². The second kappa shape index (κ2) is 16.6. The van der Waals surface area contributed by atoms with Gasteiger partial charge < -0.3 is 10.1 Å². The first-order valence-corrected chi connectivity index (χ1v) is 13.5. The average molecular weight is 554 g/mol. The quantitative estimate of drug-likeness (QED) is 0.119. The summed E-state index contributed by atoms with van der Waals surface area (Å²) in [5.74, 6) is -2.82. The first-order valence-electron chi connectivity index (χ1n) is 13.5. The molecule has 0 aromatic heterocycles. The Kier molecular flexibility index (Phi) is 14.8. The zero-order valence-corrected chi connectivity index (χ0v) is 22.6. The summed E-state index contributed by atoms with van der Waals surface area (Å²) >= 11 is 0. The van der Waals surface area contributed by atoms with Crippen molar-refractivity contribution in [3.05, 3.63) is 34.9 Å². The van der Waals surface area contributed by atoms with Gasteiger partial charge in [-0.2, -0.15) is 26.3 Å². The summed E-state index contributed by atoms with van der Waals surface area (Å²) in [6, 6.07) is -0.681. The molecule has 0 aliphatic rings. The van der Waals surface area contributed by atoms with Crippen molar-refractivity contribution < 1.29 is 40.7 Å². The van der Waals surface area contributed by atoms with Crippen LogP contribution in [-0.4, -0.2) is 24.5 Å². The van der Waals surface area contributed by atoms with E-state index in [4.69, 9.17) is 4.74 Å². The van der Waals surface area contributed by atoms with E-state index in [1.165, 1.54) is 44.9 Å².